The Morgan fingerprint density at radius 2 is 1.75 bits per heavy atom. The lowest BCUT2D eigenvalue weighted by atomic mass is 10.1. The van der Waals surface area contributed by atoms with E-state index in [1.807, 2.05) is 19.9 Å². The number of rotatable bonds is 3. The quantitative estimate of drug-likeness (QED) is 0.538. The summed E-state index contributed by atoms with van der Waals surface area (Å²) in [6.45, 7) is 5.53. The van der Waals surface area contributed by atoms with Crippen molar-refractivity contribution in [1.82, 2.24) is 14.8 Å². The average molecular weight is 327 g/mol. The minimum Gasteiger partial charge on any atom is -0.258 e. The van der Waals surface area contributed by atoms with Gasteiger partial charge >= 0.3 is 5.69 Å². The van der Waals surface area contributed by atoms with Gasteiger partial charge in [0.25, 0.3) is 5.69 Å². The zero-order chi connectivity index (χ0) is 17.6. The second-order valence-electron chi connectivity index (χ2n) is 5.46. The molecule has 0 aliphatic heterocycles. The third kappa shape index (κ3) is 2.35. The summed E-state index contributed by atoms with van der Waals surface area (Å²) in [4.78, 5) is 25.4. The fraction of sp³-hybridized carbons (Fsp3) is 0.200. The Morgan fingerprint density at radius 3 is 2.38 bits per heavy atom. The number of nitro groups is 2. The molecule has 2 aromatic heterocycles. The molecular weight excluding hydrogens is 314 g/mol. The van der Waals surface area contributed by atoms with Gasteiger partial charge in [0.05, 0.1) is 21.6 Å². The van der Waals surface area contributed by atoms with Gasteiger partial charge < -0.3 is 0 Å². The fourth-order valence-corrected chi connectivity index (χ4v) is 2.78. The van der Waals surface area contributed by atoms with Crippen molar-refractivity contribution in [3.05, 3.63) is 61.4 Å². The van der Waals surface area contributed by atoms with Gasteiger partial charge in [-0.2, -0.15) is 5.10 Å². The highest BCUT2D eigenvalue weighted by molar-refractivity contribution is 5.84. The lowest BCUT2D eigenvalue weighted by Gasteiger charge is -2.05. The summed E-state index contributed by atoms with van der Waals surface area (Å²) in [5.74, 6) is 0. The molecule has 3 rings (SSSR count). The van der Waals surface area contributed by atoms with Gasteiger partial charge in [0.15, 0.2) is 5.65 Å². The molecule has 0 saturated heterocycles. The molecule has 9 nitrogen and oxygen atoms in total. The SMILES string of the molecule is Cc1cc(C)c2c(C)nn(-c3ccc([N+](=O)[O-])cc3[N+](=O)[O-])c2n1. The Labute approximate surface area is 135 Å². The topological polar surface area (TPSA) is 117 Å². The number of hydrogen-bond acceptors (Lipinski definition) is 6. The summed E-state index contributed by atoms with van der Waals surface area (Å²) in [5.41, 5.74) is 2.29. The lowest BCUT2D eigenvalue weighted by molar-refractivity contribution is -0.394. The van der Waals surface area contributed by atoms with Crippen molar-refractivity contribution in [3.63, 3.8) is 0 Å². The van der Waals surface area contributed by atoms with Gasteiger partial charge in [0.1, 0.15) is 5.69 Å². The monoisotopic (exact) mass is 327 g/mol. The van der Waals surface area contributed by atoms with Crippen LogP contribution in [0.2, 0.25) is 0 Å². The molecule has 0 bridgehead atoms. The molecule has 0 spiro atoms. The van der Waals surface area contributed by atoms with Crippen LogP contribution in [0.3, 0.4) is 0 Å². The molecule has 9 heteroatoms. The van der Waals surface area contributed by atoms with E-state index in [1.54, 1.807) is 6.92 Å². The number of aryl methyl sites for hydroxylation is 3. The summed E-state index contributed by atoms with van der Waals surface area (Å²) in [7, 11) is 0. The highest BCUT2D eigenvalue weighted by atomic mass is 16.6. The zero-order valence-corrected chi connectivity index (χ0v) is 13.2. The molecule has 122 valence electrons. The maximum atomic E-state index is 11.4. The molecule has 24 heavy (non-hydrogen) atoms. The highest BCUT2D eigenvalue weighted by Gasteiger charge is 2.24. The Morgan fingerprint density at radius 1 is 1.04 bits per heavy atom. The molecule has 2 heterocycles. The molecule has 0 aliphatic rings. The number of fused-ring (bicyclic) bond motifs is 1. The van der Waals surface area contributed by atoms with Crippen LogP contribution in [-0.4, -0.2) is 24.6 Å². The first-order chi connectivity index (χ1) is 11.3. The molecule has 0 amide bonds. The minimum atomic E-state index is -0.671. The van der Waals surface area contributed by atoms with E-state index in [4.69, 9.17) is 0 Å². The van der Waals surface area contributed by atoms with Crippen LogP contribution < -0.4 is 0 Å². The standard InChI is InChI=1S/C15H13N5O4/c1-8-6-9(2)16-15-14(8)10(3)17-18(15)12-5-4-11(19(21)22)7-13(12)20(23)24/h4-7H,1-3H3. The number of nitrogens with zero attached hydrogens (tertiary/aromatic N) is 5. The molecule has 0 radical (unpaired) electrons. The van der Waals surface area contributed by atoms with Crippen LogP contribution in [0, 0.1) is 41.0 Å². The van der Waals surface area contributed by atoms with E-state index in [0.29, 0.717) is 11.3 Å². The van der Waals surface area contributed by atoms with Gasteiger partial charge in [-0.3, -0.25) is 20.2 Å². The second kappa shape index (κ2) is 5.37. The van der Waals surface area contributed by atoms with Crippen molar-refractivity contribution >= 4 is 22.4 Å². The van der Waals surface area contributed by atoms with Crippen molar-refractivity contribution in [2.24, 2.45) is 0 Å². The number of benzene rings is 1. The van der Waals surface area contributed by atoms with Gasteiger partial charge in [0, 0.05) is 17.1 Å². The maximum absolute atomic E-state index is 11.4. The van der Waals surface area contributed by atoms with E-state index in [0.717, 1.165) is 22.7 Å². The van der Waals surface area contributed by atoms with Crippen molar-refractivity contribution in [1.29, 1.82) is 0 Å². The summed E-state index contributed by atoms with van der Waals surface area (Å²) >= 11 is 0. The van der Waals surface area contributed by atoms with Crippen molar-refractivity contribution in [2.45, 2.75) is 20.8 Å². The molecule has 0 saturated carbocycles. The van der Waals surface area contributed by atoms with E-state index in [2.05, 4.69) is 10.1 Å². The van der Waals surface area contributed by atoms with Crippen LogP contribution in [0.4, 0.5) is 11.4 Å². The van der Waals surface area contributed by atoms with Gasteiger partial charge in [-0.1, -0.05) is 0 Å². The average Bonchev–Trinajstić information content (AvgIpc) is 2.83. The predicted octanol–water partition coefficient (Wildman–Crippen LogP) is 3.16. The van der Waals surface area contributed by atoms with Crippen LogP contribution in [-0.2, 0) is 0 Å². The first-order valence-electron chi connectivity index (χ1n) is 7.06. The van der Waals surface area contributed by atoms with Crippen molar-refractivity contribution in [2.75, 3.05) is 0 Å². The van der Waals surface area contributed by atoms with Gasteiger partial charge in [-0.25, -0.2) is 9.67 Å². The summed E-state index contributed by atoms with van der Waals surface area (Å²) in [5, 5.41) is 27.4. The molecule has 0 unspecified atom stereocenters. The van der Waals surface area contributed by atoms with Crippen LogP contribution in [0.5, 0.6) is 0 Å². The molecule has 0 N–H and O–H groups in total. The van der Waals surface area contributed by atoms with Crippen molar-refractivity contribution in [3.8, 4) is 5.69 Å². The molecule has 1 aromatic carbocycles. The number of hydrogen-bond donors (Lipinski definition) is 0. The van der Waals surface area contributed by atoms with E-state index >= 15 is 0 Å². The van der Waals surface area contributed by atoms with Crippen LogP contribution in [0.1, 0.15) is 17.0 Å². The molecular formula is C15H13N5O4. The third-order valence-electron chi connectivity index (χ3n) is 3.73. The van der Waals surface area contributed by atoms with Crippen LogP contribution in [0.15, 0.2) is 24.3 Å². The molecule has 0 aliphatic carbocycles. The van der Waals surface area contributed by atoms with E-state index in [-0.39, 0.29) is 11.4 Å². The summed E-state index contributed by atoms with van der Waals surface area (Å²) < 4.78 is 1.37. The van der Waals surface area contributed by atoms with E-state index in [9.17, 15) is 20.2 Å². The van der Waals surface area contributed by atoms with E-state index in [1.165, 1.54) is 16.8 Å². The Kier molecular flexibility index (Phi) is 3.48. The predicted molar refractivity (Wildman–Crippen MR) is 86.4 cm³/mol. The largest absolute Gasteiger partial charge is 0.301 e. The number of non-ortho nitro benzene ring substituents is 1. The number of pyridine rings is 1. The van der Waals surface area contributed by atoms with Gasteiger partial charge in [-0.05, 0) is 38.5 Å². The Bertz CT molecular complexity index is 1010. The molecule has 0 fully saturated rings. The van der Waals surface area contributed by atoms with Crippen molar-refractivity contribution < 1.29 is 9.85 Å². The first kappa shape index (κ1) is 15.5. The first-order valence-corrected chi connectivity index (χ1v) is 7.06. The third-order valence-corrected chi connectivity index (χ3v) is 3.73. The lowest BCUT2D eigenvalue weighted by Crippen LogP contribution is -2.04. The molecule has 0 atom stereocenters. The number of nitro benzene ring substituents is 2. The minimum absolute atomic E-state index is 0.140. The smallest absolute Gasteiger partial charge is 0.258 e. The second-order valence-corrected chi connectivity index (χ2v) is 5.46. The number of aromatic nitrogens is 3. The van der Waals surface area contributed by atoms with Crippen LogP contribution in [0.25, 0.3) is 16.7 Å². The van der Waals surface area contributed by atoms with E-state index < -0.39 is 15.5 Å². The van der Waals surface area contributed by atoms with Crippen LogP contribution >= 0.6 is 0 Å². The Hall–Kier alpha value is -3.36. The summed E-state index contributed by atoms with van der Waals surface area (Å²) in [6, 6.07) is 5.38. The summed E-state index contributed by atoms with van der Waals surface area (Å²) in [6.07, 6.45) is 0. The fourth-order valence-electron chi connectivity index (χ4n) is 2.78. The highest BCUT2D eigenvalue weighted by Crippen LogP contribution is 2.31. The van der Waals surface area contributed by atoms with Gasteiger partial charge in [0.2, 0.25) is 0 Å². The zero-order valence-electron chi connectivity index (χ0n) is 13.2. The molecule has 3 aromatic rings. The normalized spacial score (nSPS) is 11.0. The van der Waals surface area contributed by atoms with Gasteiger partial charge in [-0.15, -0.1) is 0 Å². The Balaban J connectivity index is 2.36. The maximum Gasteiger partial charge on any atom is 0.301 e.